The van der Waals surface area contributed by atoms with Gasteiger partial charge in [0.25, 0.3) is 0 Å². The van der Waals surface area contributed by atoms with Crippen molar-refractivity contribution in [2.24, 2.45) is 0 Å². The molecule has 0 saturated heterocycles. The van der Waals surface area contributed by atoms with Crippen molar-refractivity contribution in [3.05, 3.63) is 71.9 Å². The molecule has 0 aliphatic heterocycles. The van der Waals surface area contributed by atoms with Crippen LogP contribution in [0.3, 0.4) is 0 Å². The first-order chi connectivity index (χ1) is 10.4. The minimum Gasteiger partial charge on any atom is -0.233 e. The van der Waals surface area contributed by atoms with Crippen LogP contribution >= 0.6 is 0 Å². The fourth-order valence-corrected chi connectivity index (χ4v) is 2.30. The van der Waals surface area contributed by atoms with E-state index in [2.05, 4.69) is 5.10 Å². The Bertz CT molecular complexity index is 772. The van der Waals surface area contributed by atoms with E-state index in [1.54, 1.807) is 4.68 Å². The molecule has 0 N–H and O–H groups in total. The van der Waals surface area contributed by atoms with E-state index in [0.29, 0.717) is 5.69 Å². The van der Waals surface area contributed by atoms with Crippen molar-refractivity contribution in [3.8, 4) is 16.9 Å². The van der Waals surface area contributed by atoms with Crippen LogP contribution in [0.5, 0.6) is 0 Å². The molecule has 5 heteroatoms. The standard InChI is InChI=1S/C17H13F3N2/c1-12-11-16(13-5-3-2-4-6-13)22(21-12)15-9-7-14(8-10-15)17(18,19)20/h2-11H,1H3. The van der Waals surface area contributed by atoms with E-state index >= 15 is 0 Å². The molecule has 0 fully saturated rings. The molecule has 1 aromatic heterocycles. The summed E-state index contributed by atoms with van der Waals surface area (Å²) in [5.74, 6) is 0. The lowest BCUT2D eigenvalue weighted by atomic mass is 10.1. The smallest absolute Gasteiger partial charge is 0.233 e. The third kappa shape index (κ3) is 2.74. The Labute approximate surface area is 125 Å². The van der Waals surface area contributed by atoms with Crippen LogP contribution in [0.1, 0.15) is 11.3 Å². The molecule has 0 amide bonds. The maximum atomic E-state index is 12.6. The SMILES string of the molecule is Cc1cc(-c2ccccc2)n(-c2ccc(C(F)(F)F)cc2)n1. The number of rotatable bonds is 2. The molecule has 2 aromatic carbocycles. The maximum Gasteiger partial charge on any atom is 0.416 e. The summed E-state index contributed by atoms with van der Waals surface area (Å²) in [5.41, 5.74) is 2.54. The number of benzene rings is 2. The highest BCUT2D eigenvalue weighted by Crippen LogP contribution is 2.30. The van der Waals surface area contributed by atoms with E-state index in [-0.39, 0.29) is 0 Å². The summed E-state index contributed by atoms with van der Waals surface area (Å²) < 4.78 is 39.6. The van der Waals surface area contributed by atoms with E-state index < -0.39 is 11.7 Å². The molecule has 112 valence electrons. The molecular weight excluding hydrogens is 289 g/mol. The van der Waals surface area contributed by atoms with E-state index in [1.807, 2.05) is 43.3 Å². The Morgan fingerprint density at radius 1 is 0.909 bits per heavy atom. The van der Waals surface area contributed by atoms with Crippen LogP contribution in [0.25, 0.3) is 16.9 Å². The average molecular weight is 302 g/mol. The zero-order valence-electron chi connectivity index (χ0n) is 11.8. The van der Waals surface area contributed by atoms with Gasteiger partial charge in [-0.2, -0.15) is 18.3 Å². The van der Waals surface area contributed by atoms with E-state index in [1.165, 1.54) is 12.1 Å². The highest BCUT2D eigenvalue weighted by atomic mass is 19.4. The van der Waals surface area contributed by atoms with Crippen LogP contribution in [0.2, 0.25) is 0 Å². The summed E-state index contributed by atoms with van der Waals surface area (Å²) in [7, 11) is 0. The van der Waals surface area contributed by atoms with Crippen molar-refractivity contribution in [2.45, 2.75) is 13.1 Å². The minimum absolute atomic E-state index is 0.597. The van der Waals surface area contributed by atoms with Gasteiger partial charge in [0.15, 0.2) is 0 Å². The molecule has 0 spiro atoms. The van der Waals surface area contributed by atoms with Gasteiger partial charge in [-0.05, 0) is 37.3 Å². The second-order valence-corrected chi connectivity index (χ2v) is 4.99. The average Bonchev–Trinajstić information content (AvgIpc) is 2.89. The Morgan fingerprint density at radius 3 is 2.14 bits per heavy atom. The van der Waals surface area contributed by atoms with Gasteiger partial charge in [0.1, 0.15) is 0 Å². The van der Waals surface area contributed by atoms with Crippen molar-refractivity contribution in [2.75, 3.05) is 0 Å². The van der Waals surface area contributed by atoms with Gasteiger partial charge in [-0.25, -0.2) is 4.68 Å². The molecule has 2 nitrogen and oxygen atoms in total. The monoisotopic (exact) mass is 302 g/mol. The molecule has 0 unspecified atom stereocenters. The van der Waals surface area contributed by atoms with Crippen molar-refractivity contribution in [3.63, 3.8) is 0 Å². The largest absolute Gasteiger partial charge is 0.416 e. The van der Waals surface area contributed by atoms with Crippen LogP contribution < -0.4 is 0 Å². The predicted molar refractivity (Wildman–Crippen MR) is 78.7 cm³/mol. The number of halogens is 3. The fraction of sp³-hybridized carbons (Fsp3) is 0.118. The summed E-state index contributed by atoms with van der Waals surface area (Å²) in [6, 6.07) is 16.5. The Balaban J connectivity index is 2.06. The topological polar surface area (TPSA) is 17.8 Å². The first-order valence-electron chi connectivity index (χ1n) is 6.75. The van der Waals surface area contributed by atoms with Gasteiger partial charge >= 0.3 is 6.18 Å². The molecule has 0 atom stereocenters. The summed E-state index contributed by atoms with van der Waals surface area (Å²) in [6.07, 6.45) is -4.33. The van der Waals surface area contributed by atoms with Crippen LogP contribution in [-0.4, -0.2) is 9.78 Å². The Kier molecular flexibility index (Phi) is 3.48. The van der Waals surface area contributed by atoms with Gasteiger partial charge in [-0.15, -0.1) is 0 Å². The lowest BCUT2D eigenvalue weighted by Crippen LogP contribution is -2.05. The van der Waals surface area contributed by atoms with Crippen molar-refractivity contribution in [1.29, 1.82) is 0 Å². The number of aryl methyl sites for hydroxylation is 1. The van der Waals surface area contributed by atoms with Crippen LogP contribution in [0, 0.1) is 6.92 Å². The molecule has 1 heterocycles. The zero-order chi connectivity index (χ0) is 15.7. The van der Waals surface area contributed by atoms with Crippen molar-refractivity contribution >= 4 is 0 Å². The highest BCUT2D eigenvalue weighted by Gasteiger charge is 2.30. The highest BCUT2D eigenvalue weighted by molar-refractivity contribution is 5.62. The summed E-state index contributed by atoms with van der Waals surface area (Å²) in [4.78, 5) is 0. The van der Waals surface area contributed by atoms with E-state index in [9.17, 15) is 13.2 Å². The first-order valence-corrected chi connectivity index (χ1v) is 6.75. The second kappa shape index (κ2) is 5.33. The van der Waals surface area contributed by atoms with Gasteiger partial charge in [0.05, 0.1) is 22.6 Å². The Morgan fingerprint density at radius 2 is 1.55 bits per heavy atom. The van der Waals surface area contributed by atoms with E-state index in [0.717, 1.165) is 29.1 Å². The van der Waals surface area contributed by atoms with Crippen molar-refractivity contribution in [1.82, 2.24) is 9.78 Å². The molecule has 22 heavy (non-hydrogen) atoms. The van der Waals surface area contributed by atoms with Gasteiger partial charge in [0, 0.05) is 5.56 Å². The number of aromatic nitrogens is 2. The third-order valence-electron chi connectivity index (χ3n) is 3.34. The zero-order valence-corrected chi connectivity index (χ0v) is 11.8. The van der Waals surface area contributed by atoms with Gasteiger partial charge < -0.3 is 0 Å². The lowest BCUT2D eigenvalue weighted by molar-refractivity contribution is -0.137. The summed E-state index contributed by atoms with van der Waals surface area (Å²) in [6.45, 7) is 1.85. The van der Waals surface area contributed by atoms with Crippen LogP contribution in [0.4, 0.5) is 13.2 Å². The summed E-state index contributed by atoms with van der Waals surface area (Å²) in [5, 5.41) is 4.38. The third-order valence-corrected chi connectivity index (χ3v) is 3.34. The molecule has 0 aliphatic carbocycles. The van der Waals surface area contributed by atoms with E-state index in [4.69, 9.17) is 0 Å². The summed E-state index contributed by atoms with van der Waals surface area (Å²) >= 11 is 0. The van der Waals surface area contributed by atoms with Gasteiger partial charge in [-0.3, -0.25) is 0 Å². The number of alkyl halides is 3. The first kappa shape index (κ1) is 14.4. The lowest BCUT2D eigenvalue weighted by Gasteiger charge is -2.10. The predicted octanol–water partition coefficient (Wildman–Crippen LogP) is 4.87. The maximum absolute atomic E-state index is 12.6. The molecular formula is C17H13F3N2. The second-order valence-electron chi connectivity index (χ2n) is 4.99. The van der Waals surface area contributed by atoms with Crippen LogP contribution in [0.15, 0.2) is 60.7 Å². The van der Waals surface area contributed by atoms with Crippen molar-refractivity contribution < 1.29 is 13.2 Å². The molecule has 3 aromatic rings. The molecule has 0 aliphatic rings. The number of nitrogens with zero attached hydrogens (tertiary/aromatic N) is 2. The molecule has 0 radical (unpaired) electrons. The van der Waals surface area contributed by atoms with Crippen LogP contribution in [-0.2, 0) is 6.18 Å². The molecule has 0 saturated carbocycles. The van der Waals surface area contributed by atoms with Gasteiger partial charge in [-0.1, -0.05) is 30.3 Å². The Hall–Kier alpha value is -2.56. The minimum atomic E-state index is -4.33. The normalized spacial score (nSPS) is 11.6. The fourth-order valence-electron chi connectivity index (χ4n) is 2.30. The van der Waals surface area contributed by atoms with Gasteiger partial charge in [0.2, 0.25) is 0 Å². The molecule has 0 bridgehead atoms. The molecule has 3 rings (SSSR count). The quantitative estimate of drug-likeness (QED) is 0.660. The number of hydrogen-bond acceptors (Lipinski definition) is 1. The number of hydrogen-bond donors (Lipinski definition) is 0.